The maximum absolute atomic E-state index is 5.00. The fourth-order valence-electron chi connectivity index (χ4n) is 0.667. The monoisotopic (exact) mass is 317 g/mol. The fraction of sp³-hybridized carbons (Fsp3) is 0.625. The van der Waals surface area contributed by atoms with E-state index in [1.165, 1.54) is 0 Å². The van der Waals surface area contributed by atoms with Crippen LogP contribution in [0.5, 0.6) is 0 Å². The summed E-state index contributed by atoms with van der Waals surface area (Å²) in [6.07, 6.45) is 3.73. The molecule has 0 rings (SSSR count). The van der Waals surface area contributed by atoms with E-state index in [-0.39, 0.29) is 26.9 Å². The first-order valence-electron chi connectivity index (χ1n) is 3.60. The van der Waals surface area contributed by atoms with Gasteiger partial charge in [-0.3, -0.25) is 0 Å². The predicted molar refractivity (Wildman–Crippen MR) is 74.3 cm³/mol. The van der Waals surface area contributed by atoms with Gasteiger partial charge < -0.3 is 37.6 Å². The van der Waals surface area contributed by atoms with Gasteiger partial charge in [0.2, 0.25) is 0 Å². The second-order valence-corrected chi connectivity index (χ2v) is 5.17. The number of hydrogen-bond donors (Lipinski definition) is 1. The van der Waals surface area contributed by atoms with Gasteiger partial charge in [-0.2, -0.15) is 4.20 Å². The smallest absolute Gasteiger partial charge is 0.433 e. The van der Waals surface area contributed by atoms with Gasteiger partial charge in [-0.05, 0) is 26.0 Å². The molecule has 0 saturated heterocycles. The fourth-order valence-corrected chi connectivity index (χ4v) is 1.42. The number of rotatable bonds is 4. The molecular weight excluding hydrogens is 304 g/mol. The Morgan fingerprint density at radius 3 is 2.36 bits per heavy atom. The summed E-state index contributed by atoms with van der Waals surface area (Å²) in [5.41, 5.74) is 0. The predicted octanol–water partition coefficient (Wildman–Crippen LogP) is 2.71. The molecule has 0 aromatic heterocycles. The molecule has 0 fully saturated rings. The molecule has 0 bridgehead atoms. The summed E-state index contributed by atoms with van der Waals surface area (Å²) >= 11 is 16.2. The van der Waals surface area contributed by atoms with Gasteiger partial charge in [0.25, 0.3) is 0 Å². The van der Waals surface area contributed by atoms with Gasteiger partial charge >= 0.3 is 19.5 Å². The van der Waals surface area contributed by atoms with Crippen molar-refractivity contribution in [3.8, 4) is 0 Å². The molecule has 1 nitrogen and oxygen atoms in total. The topological polar surface area (TPSA) is 12.0 Å². The maximum atomic E-state index is 5.00. The van der Waals surface area contributed by atoms with E-state index in [1.807, 2.05) is 6.26 Å². The Kier molecular flexibility index (Phi) is 18.0. The molecule has 0 aliphatic rings. The van der Waals surface area contributed by atoms with Crippen molar-refractivity contribution in [3.05, 3.63) is 7.43 Å². The van der Waals surface area contributed by atoms with Crippen molar-refractivity contribution in [2.24, 2.45) is 0 Å². The van der Waals surface area contributed by atoms with Gasteiger partial charge in [0.15, 0.2) is 0 Å². The molecule has 14 heavy (non-hydrogen) atoms. The van der Waals surface area contributed by atoms with Crippen molar-refractivity contribution in [1.29, 1.82) is 0 Å². The van der Waals surface area contributed by atoms with Crippen LogP contribution in [0.4, 0.5) is 0 Å². The quantitative estimate of drug-likeness (QED) is 0.369. The van der Waals surface area contributed by atoms with Crippen molar-refractivity contribution < 1.29 is 19.5 Å². The minimum Gasteiger partial charge on any atom is -0.433 e. The van der Waals surface area contributed by atoms with Crippen molar-refractivity contribution in [3.63, 3.8) is 0 Å². The summed E-state index contributed by atoms with van der Waals surface area (Å²) in [7, 11) is 0. The molecule has 0 spiro atoms. The average molecular weight is 319 g/mol. The van der Waals surface area contributed by atoms with Crippen LogP contribution in [-0.4, -0.2) is 20.8 Å². The summed E-state index contributed by atoms with van der Waals surface area (Å²) in [5, 5.41) is 3.17. The van der Waals surface area contributed by atoms with Gasteiger partial charge in [-0.1, -0.05) is 12.2 Å². The van der Waals surface area contributed by atoms with Crippen LogP contribution in [0.2, 0.25) is 0 Å². The average Bonchev–Trinajstić information content (AvgIpc) is 2.00. The van der Waals surface area contributed by atoms with Crippen LogP contribution in [0.15, 0.2) is 0 Å². The van der Waals surface area contributed by atoms with E-state index in [0.29, 0.717) is 10.2 Å². The van der Waals surface area contributed by atoms with E-state index in [1.54, 1.807) is 11.8 Å². The van der Waals surface area contributed by atoms with Gasteiger partial charge in [-0.15, -0.1) is 11.8 Å². The molecule has 78 valence electrons. The molecule has 0 amide bonds. The largest absolute Gasteiger partial charge is 2.00 e. The first-order valence-corrected chi connectivity index (χ1v) is 6.05. The third-order valence-corrected chi connectivity index (χ3v) is 2.85. The second-order valence-electron chi connectivity index (χ2n) is 2.45. The van der Waals surface area contributed by atoms with Crippen LogP contribution in [0.25, 0.3) is 0 Å². The molecule has 0 aliphatic heterocycles. The van der Waals surface area contributed by atoms with Crippen molar-refractivity contribution in [2.45, 2.75) is 25.8 Å². The SMILES string of the molecule is CSC(=S)NC(C)CCC(=S)[S-].[CH3-].[Zn+2]. The molecule has 0 saturated carbocycles. The standard InChI is InChI=1S/C7H13NS4.CH3.Zn/c1-5(3-4-6(9)10)8-7(11)12-2;;/h5H,3-4H2,1-2H3,(H,8,11)(H,9,10);1H3;/q;-1;+2/p-1. The van der Waals surface area contributed by atoms with Crippen LogP contribution in [-0.2, 0) is 32.1 Å². The zero-order chi connectivity index (χ0) is 9.56. The normalized spacial score (nSPS) is 10.4. The Morgan fingerprint density at radius 2 is 2.00 bits per heavy atom. The third-order valence-electron chi connectivity index (χ3n) is 1.33. The van der Waals surface area contributed by atoms with Gasteiger partial charge in [0.05, 0.1) is 0 Å². The first kappa shape index (κ1) is 20.6. The van der Waals surface area contributed by atoms with E-state index in [9.17, 15) is 0 Å². The third kappa shape index (κ3) is 13.2. The van der Waals surface area contributed by atoms with Crippen molar-refractivity contribution in [2.75, 3.05) is 6.26 Å². The Bertz CT molecular complexity index is 175. The van der Waals surface area contributed by atoms with Crippen LogP contribution < -0.4 is 5.32 Å². The summed E-state index contributed by atoms with van der Waals surface area (Å²) in [4.78, 5) is 0. The maximum Gasteiger partial charge on any atom is 2.00 e. The number of nitrogens with one attached hydrogen (secondary N) is 1. The van der Waals surface area contributed by atoms with E-state index in [4.69, 9.17) is 37.1 Å². The number of thiocarbonyl (C=S) groups is 2. The molecule has 0 aromatic rings. The van der Waals surface area contributed by atoms with Crippen LogP contribution in [0.1, 0.15) is 19.8 Å². The Hall–Kier alpha value is 1.17. The summed E-state index contributed by atoms with van der Waals surface area (Å²) < 4.78 is 1.48. The summed E-state index contributed by atoms with van der Waals surface area (Å²) in [6, 6.07) is 0.367. The second kappa shape index (κ2) is 12.2. The molecular formula is C8H15NS4Zn. The molecule has 1 N–H and O–H groups in total. The molecule has 0 aliphatic carbocycles. The van der Waals surface area contributed by atoms with E-state index in [0.717, 1.165) is 17.2 Å². The Labute approximate surface area is 121 Å². The zero-order valence-electron chi connectivity index (χ0n) is 8.83. The van der Waals surface area contributed by atoms with E-state index >= 15 is 0 Å². The van der Waals surface area contributed by atoms with Crippen molar-refractivity contribution in [1.82, 2.24) is 5.32 Å². The first-order chi connectivity index (χ1) is 5.56. The molecule has 1 unspecified atom stereocenters. The molecule has 6 heteroatoms. The van der Waals surface area contributed by atoms with Crippen LogP contribution >= 0.6 is 36.2 Å². The van der Waals surface area contributed by atoms with E-state index in [2.05, 4.69) is 12.2 Å². The number of hydrogen-bond acceptors (Lipinski definition) is 4. The molecule has 0 aromatic carbocycles. The van der Waals surface area contributed by atoms with Crippen molar-refractivity contribution >= 4 is 57.3 Å². The van der Waals surface area contributed by atoms with Gasteiger partial charge in [0, 0.05) is 6.04 Å². The molecule has 0 heterocycles. The van der Waals surface area contributed by atoms with Crippen LogP contribution in [0, 0.1) is 7.43 Å². The summed E-state index contributed by atoms with van der Waals surface area (Å²) in [6.45, 7) is 2.08. The summed E-state index contributed by atoms with van der Waals surface area (Å²) in [5.74, 6) is 0. The minimum absolute atomic E-state index is 0. The molecule has 1 atom stereocenters. The van der Waals surface area contributed by atoms with Gasteiger partial charge in [0.1, 0.15) is 4.32 Å². The Balaban J connectivity index is -0.000000605. The van der Waals surface area contributed by atoms with Gasteiger partial charge in [-0.25, -0.2) is 0 Å². The number of thioether (sulfide) groups is 1. The molecule has 0 radical (unpaired) electrons. The van der Waals surface area contributed by atoms with Crippen LogP contribution in [0.3, 0.4) is 0 Å². The zero-order valence-corrected chi connectivity index (χ0v) is 15.1. The van der Waals surface area contributed by atoms with E-state index < -0.39 is 0 Å². The minimum atomic E-state index is 0. The Morgan fingerprint density at radius 1 is 1.50 bits per heavy atom.